The van der Waals surface area contributed by atoms with E-state index in [0.29, 0.717) is 13.0 Å². The summed E-state index contributed by atoms with van der Waals surface area (Å²) in [6.07, 6.45) is 0.637. The monoisotopic (exact) mass is 381 g/mol. The molecule has 0 atom stereocenters. The van der Waals surface area contributed by atoms with Crippen LogP contribution in [0.15, 0.2) is 65.1 Å². The van der Waals surface area contributed by atoms with Crippen molar-refractivity contribution in [2.24, 2.45) is 0 Å². The molecule has 0 unspecified atom stereocenters. The summed E-state index contributed by atoms with van der Waals surface area (Å²) in [5, 5.41) is 10.00. The molecule has 1 N–H and O–H groups in total. The van der Waals surface area contributed by atoms with Crippen LogP contribution < -0.4 is 10.1 Å². The molecule has 0 spiro atoms. The number of anilines is 1. The molecule has 3 rings (SSSR count). The fourth-order valence-corrected chi connectivity index (χ4v) is 2.27. The van der Waals surface area contributed by atoms with Gasteiger partial charge in [-0.15, -0.1) is 5.10 Å². The number of amides is 1. The minimum atomic E-state index is -0.558. The first kappa shape index (κ1) is 19.1. The summed E-state index contributed by atoms with van der Waals surface area (Å²) in [6.45, 7) is -0.0447. The van der Waals surface area contributed by atoms with Gasteiger partial charge in [0.25, 0.3) is 5.91 Å². The third-order valence-electron chi connectivity index (χ3n) is 3.59. The summed E-state index contributed by atoms with van der Waals surface area (Å²) in [6, 6.07) is 18.4. The van der Waals surface area contributed by atoms with Crippen LogP contribution in [-0.2, 0) is 14.3 Å². The van der Waals surface area contributed by atoms with E-state index >= 15 is 0 Å². The van der Waals surface area contributed by atoms with E-state index in [-0.39, 0.29) is 18.3 Å². The normalized spacial score (nSPS) is 10.3. The number of nitrogens with zero attached hydrogens (tertiary/aromatic N) is 2. The van der Waals surface area contributed by atoms with Crippen LogP contribution >= 0.6 is 0 Å². The van der Waals surface area contributed by atoms with E-state index in [1.54, 1.807) is 0 Å². The van der Waals surface area contributed by atoms with Gasteiger partial charge in [0.1, 0.15) is 5.75 Å². The second-order valence-corrected chi connectivity index (χ2v) is 5.75. The molecule has 0 radical (unpaired) electrons. The topological polar surface area (TPSA) is 104 Å². The van der Waals surface area contributed by atoms with E-state index in [4.69, 9.17) is 13.9 Å². The number of aromatic nitrogens is 2. The van der Waals surface area contributed by atoms with Crippen molar-refractivity contribution in [1.82, 2.24) is 10.2 Å². The molecule has 0 fully saturated rings. The molecule has 0 bridgehead atoms. The van der Waals surface area contributed by atoms with Gasteiger partial charge in [-0.25, -0.2) is 0 Å². The Bertz CT molecular complexity index is 896. The lowest BCUT2D eigenvalue weighted by Gasteiger charge is -2.06. The van der Waals surface area contributed by atoms with Crippen LogP contribution in [0, 0.1) is 0 Å². The fourth-order valence-electron chi connectivity index (χ4n) is 2.27. The zero-order valence-electron chi connectivity index (χ0n) is 15.0. The van der Waals surface area contributed by atoms with Crippen LogP contribution in [0.25, 0.3) is 11.5 Å². The standard InChI is InChI=1S/C20H19N3O5/c24-17(21-20-23-22-19(28-20)15-8-3-1-4-9-15)14-27-18(25)12-7-13-26-16-10-5-2-6-11-16/h1-6,8-11H,7,12-14H2,(H,21,23,24). The number of hydrogen-bond acceptors (Lipinski definition) is 7. The molecule has 0 saturated carbocycles. The van der Waals surface area contributed by atoms with Crippen molar-refractivity contribution in [3.05, 3.63) is 60.7 Å². The molecule has 1 aromatic heterocycles. The fraction of sp³-hybridized carbons (Fsp3) is 0.200. The number of carbonyl (C=O) groups is 2. The Morgan fingerprint density at radius 1 is 0.964 bits per heavy atom. The van der Waals surface area contributed by atoms with Crippen molar-refractivity contribution in [1.29, 1.82) is 0 Å². The molecule has 3 aromatic rings. The lowest BCUT2D eigenvalue weighted by atomic mass is 10.2. The van der Waals surface area contributed by atoms with Crippen molar-refractivity contribution in [2.45, 2.75) is 12.8 Å². The number of hydrogen-bond donors (Lipinski definition) is 1. The van der Waals surface area contributed by atoms with Gasteiger partial charge in [0.15, 0.2) is 6.61 Å². The van der Waals surface area contributed by atoms with Gasteiger partial charge in [-0.1, -0.05) is 41.5 Å². The van der Waals surface area contributed by atoms with E-state index in [9.17, 15) is 9.59 Å². The first-order chi connectivity index (χ1) is 13.7. The van der Waals surface area contributed by atoms with Gasteiger partial charge >= 0.3 is 12.0 Å². The van der Waals surface area contributed by atoms with E-state index in [1.165, 1.54) is 0 Å². The third kappa shape index (κ3) is 5.94. The summed E-state index contributed by atoms with van der Waals surface area (Å²) in [4.78, 5) is 23.5. The Morgan fingerprint density at radius 3 is 2.43 bits per heavy atom. The van der Waals surface area contributed by atoms with Crippen molar-refractivity contribution in [2.75, 3.05) is 18.5 Å². The van der Waals surface area contributed by atoms with Crippen LogP contribution in [-0.4, -0.2) is 35.3 Å². The predicted molar refractivity (Wildman–Crippen MR) is 100 cm³/mol. The van der Waals surface area contributed by atoms with Crippen molar-refractivity contribution in [3.8, 4) is 17.2 Å². The Balaban J connectivity index is 1.34. The first-order valence-electron chi connectivity index (χ1n) is 8.73. The van der Waals surface area contributed by atoms with Gasteiger partial charge in [0.05, 0.1) is 6.61 Å². The van der Waals surface area contributed by atoms with E-state index in [2.05, 4.69) is 15.5 Å². The molecule has 0 aliphatic carbocycles. The summed E-state index contributed by atoms with van der Waals surface area (Å²) < 4.78 is 15.8. The van der Waals surface area contributed by atoms with Gasteiger partial charge in [0.2, 0.25) is 5.89 Å². The van der Waals surface area contributed by atoms with Crippen LogP contribution in [0.3, 0.4) is 0 Å². The highest BCUT2D eigenvalue weighted by molar-refractivity contribution is 5.90. The largest absolute Gasteiger partial charge is 0.494 e. The van der Waals surface area contributed by atoms with E-state index in [1.807, 2.05) is 60.7 Å². The summed E-state index contributed by atoms with van der Waals surface area (Å²) in [5.74, 6) is -0.0181. The summed E-state index contributed by atoms with van der Waals surface area (Å²) in [5.41, 5.74) is 0.736. The molecule has 8 nitrogen and oxygen atoms in total. The molecule has 0 aliphatic heterocycles. The van der Waals surface area contributed by atoms with Crippen molar-refractivity contribution >= 4 is 17.9 Å². The van der Waals surface area contributed by atoms with E-state index < -0.39 is 18.5 Å². The van der Waals surface area contributed by atoms with Crippen molar-refractivity contribution < 1.29 is 23.5 Å². The van der Waals surface area contributed by atoms with Crippen LogP contribution in [0.5, 0.6) is 5.75 Å². The van der Waals surface area contributed by atoms with Gasteiger partial charge < -0.3 is 13.9 Å². The number of nitrogens with one attached hydrogen (secondary N) is 1. The molecule has 2 aromatic carbocycles. The average molecular weight is 381 g/mol. The smallest absolute Gasteiger partial charge is 0.322 e. The molecule has 28 heavy (non-hydrogen) atoms. The minimum absolute atomic E-state index is 0.0591. The molecule has 1 amide bonds. The molecule has 8 heteroatoms. The number of carbonyl (C=O) groups excluding carboxylic acids is 2. The maximum atomic E-state index is 11.8. The minimum Gasteiger partial charge on any atom is -0.494 e. The van der Waals surface area contributed by atoms with E-state index in [0.717, 1.165) is 11.3 Å². The van der Waals surface area contributed by atoms with Gasteiger partial charge in [-0.2, -0.15) is 0 Å². The highest BCUT2D eigenvalue weighted by atomic mass is 16.5. The third-order valence-corrected chi connectivity index (χ3v) is 3.59. The number of rotatable bonds is 9. The summed E-state index contributed by atoms with van der Waals surface area (Å²) >= 11 is 0. The quantitative estimate of drug-likeness (QED) is 0.449. The Hall–Kier alpha value is -3.68. The van der Waals surface area contributed by atoms with Crippen molar-refractivity contribution in [3.63, 3.8) is 0 Å². The maximum Gasteiger partial charge on any atom is 0.322 e. The number of esters is 1. The summed E-state index contributed by atoms with van der Waals surface area (Å²) in [7, 11) is 0. The number of benzene rings is 2. The second-order valence-electron chi connectivity index (χ2n) is 5.75. The molecule has 144 valence electrons. The van der Waals surface area contributed by atoms with Crippen LogP contribution in [0.4, 0.5) is 6.01 Å². The van der Waals surface area contributed by atoms with Crippen LogP contribution in [0.1, 0.15) is 12.8 Å². The zero-order chi connectivity index (χ0) is 19.6. The molecule has 0 aliphatic rings. The molecular weight excluding hydrogens is 362 g/mol. The molecular formula is C20H19N3O5. The maximum absolute atomic E-state index is 11.8. The van der Waals surface area contributed by atoms with Crippen LogP contribution in [0.2, 0.25) is 0 Å². The number of para-hydroxylation sites is 1. The predicted octanol–water partition coefficient (Wildman–Crippen LogP) is 3.08. The Labute approximate surface area is 161 Å². The average Bonchev–Trinajstić information content (AvgIpc) is 3.19. The molecule has 1 heterocycles. The lowest BCUT2D eigenvalue weighted by molar-refractivity contribution is -0.147. The lowest BCUT2D eigenvalue weighted by Crippen LogP contribution is -2.21. The Morgan fingerprint density at radius 2 is 1.68 bits per heavy atom. The first-order valence-corrected chi connectivity index (χ1v) is 8.73. The highest BCUT2D eigenvalue weighted by Crippen LogP contribution is 2.18. The van der Waals surface area contributed by atoms with Gasteiger partial charge in [-0.3, -0.25) is 14.9 Å². The SMILES string of the molecule is O=C(COC(=O)CCCOc1ccccc1)Nc1nnc(-c2ccccc2)o1. The molecule has 0 saturated heterocycles. The highest BCUT2D eigenvalue weighted by Gasteiger charge is 2.13. The van der Waals surface area contributed by atoms with Gasteiger partial charge in [0, 0.05) is 12.0 Å². The number of ether oxygens (including phenoxy) is 2. The van der Waals surface area contributed by atoms with Gasteiger partial charge in [-0.05, 0) is 30.7 Å². The zero-order valence-corrected chi connectivity index (χ0v) is 15.0. The Kier molecular flexibility index (Phi) is 6.73. The second kappa shape index (κ2) is 9.86.